The molecular weight excluding hydrogens is 262 g/mol. The zero-order valence-corrected chi connectivity index (χ0v) is 11.4. The topological polar surface area (TPSA) is 99.6 Å². The van der Waals surface area contributed by atoms with Crippen LogP contribution in [-0.2, 0) is 7.05 Å². The van der Waals surface area contributed by atoms with Crippen molar-refractivity contribution in [2.75, 3.05) is 20.0 Å². The Balaban J connectivity index is 2.71. The van der Waals surface area contributed by atoms with Gasteiger partial charge in [0.2, 0.25) is 0 Å². The lowest BCUT2D eigenvalue weighted by molar-refractivity contribution is 0.0690. The summed E-state index contributed by atoms with van der Waals surface area (Å²) in [6.45, 7) is 0. The predicted octanol–water partition coefficient (Wildman–Crippen LogP) is 1.38. The van der Waals surface area contributed by atoms with E-state index in [0.29, 0.717) is 22.6 Å². The first-order valence-electron chi connectivity index (χ1n) is 5.77. The van der Waals surface area contributed by atoms with Crippen LogP contribution in [0.4, 0.5) is 5.82 Å². The molecule has 20 heavy (non-hydrogen) atoms. The predicted molar refractivity (Wildman–Crippen MR) is 73.1 cm³/mol. The van der Waals surface area contributed by atoms with Gasteiger partial charge in [-0.05, 0) is 12.1 Å². The number of aryl methyl sites for hydroxylation is 1. The van der Waals surface area contributed by atoms with E-state index in [0.717, 1.165) is 0 Å². The number of benzene rings is 1. The van der Waals surface area contributed by atoms with E-state index in [9.17, 15) is 9.90 Å². The normalized spacial score (nSPS) is 10.3. The van der Waals surface area contributed by atoms with Gasteiger partial charge in [0.15, 0.2) is 5.69 Å². The summed E-state index contributed by atoms with van der Waals surface area (Å²) in [5.74, 6) is 0.174. The molecule has 0 aliphatic rings. The molecule has 0 bridgehead atoms. The first-order valence-corrected chi connectivity index (χ1v) is 5.77. The number of hydrogen-bond acceptors (Lipinski definition) is 5. The highest BCUT2D eigenvalue weighted by molar-refractivity contribution is 5.98. The van der Waals surface area contributed by atoms with Crippen molar-refractivity contribution in [2.45, 2.75) is 0 Å². The maximum absolute atomic E-state index is 11.3. The number of carboxylic acid groups (broad SMARTS) is 1. The summed E-state index contributed by atoms with van der Waals surface area (Å²) in [5, 5.41) is 13.1. The number of carboxylic acids is 1. The molecule has 0 fully saturated rings. The molecule has 1 aromatic carbocycles. The van der Waals surface area contributed by atoms with Crippen molar-refractivity contribution in [3.63, 3.8) is 0 Å². The minimum atomic E-state index is -1.15. The molecule has 0 unspecified atom stereocenters. The highest BCUT2D eigenvalue weighted by atomic mass is 16.5. The minimum absolute atomic E-state index is 0.117. The molecule has 2 aromatic rings. The third kappa shape index (κ3) is 2.13. The SMILES string of the molecule is COc1ccc(-c2c(C(=O)O)nn(C)c2N)c(OC)c1. The van der Waals surface area contributed by atoms with Crippen molar-refractivity contribution in [3.8, 4) is 22.6 Å². The van der Waals surface area contributed by atoms with E-state index in [1.165, 1.54) is 18.9 Å². The van der Waals surface area contributed by atoms with Crippen LogP contribution in [0, 0.1) is 0 Å². The lowest BCUT2D eigenvalue weighted by Crippen LogP contribution is -2.01. The molecule has 0 saturated heterocycles. The fraction of sp³-hybridized carbons (Fsp3) is 0.231. The van der Waals surface area contributed by atoms with Crippen LogP contribution in [0.1, 0.15) is 10.5 Å². The van der Waals surface area contributed by atoms with Crippen molar-refractivity contribution in [3.05, 3.63) is 23.9 Å². The molecule has 0 aliphatic heterocycles. The molecule has 0 radical (unpaired) electrons. The molecule has 106 valence electrons. The Morgan fingerprint density at radius 1 is 1.35 bits per heavy atom. The van der Waals surface area contributed by atoms with Gasteiger partial charge in [-0.1, -0.05) is 0 Å². The minimum Gasteiger partial charge on any atom is -0.497 e. The van der Waals surface area contributed by atoms with Crippen molar-refractivity contribution in [1.82, 2.24) is 9.78 Å². The van der Waals surface area contributed by atoms with Crippen molar-refractivity contribution in [2.24, 2.45) is 7.05 Å². The van der Waals surface area contributed by atoms with Crippen LogP contribution in [0.25, 0.3) is 11.1 Å². The second-order valence-electron chi connectivity index (χ2n) is 4.10. The van der Waals surface area contributed by atoms with Gasteiger partial charge in [-0.3, -0.25) is 4.68 Å². The summed E-state index contributed by atoms with van der Waals surface area (Å²) < 4.78 is 11.7. The van der Waals surface area contributed by atoms with Crippen LogP contribution in [0.5, 0.6) is 11.5 Å². The first-order chi connectivity index (χ1) is 9.49. The summed E-state index contributed by atoms with van der Waals surface area (Å²) in [4.78, 5) is 11.3. The van der Waals surface area contributed by atoms with Crippen molar-refractivity contribution >= 4 is 11.8 Å². The standard InChI is InChI=1S/C13H15N3O4/c1-16-12(14)10(11(15-16)13(17)18)8-5-4-7(19-2)6-9(8)20-3/h4-6H,14H2,1-3H3,(H,17,18). The second kappa shape index (κ2) is 5.12. The molecule has 7 heteroatoms. The maximum Gasteiger partial charge on any atom is 0.357 e. The Kier molecular flexibility index (Phi) is 3.51. The van der Waals surface area contributed by atoms with Crippen molar-refractivity contribution < 1.29 is 19.4 Å². The zero-order chi connectivity index (χ0) is 14.9. The fourth-order valence-electron chi connectivity index (χ4n) is 1.96. The first kappa shape index (κ1) is 13.7. The van der Waals surface area contributed by atoms with E-state index in [2.05, 4.69) is 5.10 Å². The summed E-state index contributed by atoms with van der Waals surface area (Å²) in [6, 6.07) is 5.06. The Hall–Kier alpha value is -2.70. The largest absolute Gasteiger partial charge is 0.497 e. The second-order valence-corrected chi connectivity index (χ2v) is 4.10. The maximum atomic E-state index is 11.3. The highest BCUT2D eigenvalue weighted by Crippen LogP contribution is 2.38. The number of rotatable bonds is 4. The van der Waals surface area contributed by atoms with E-state index in [-0.39, 0.29) is 11.5 Å². The van der Waals surface area contributed by atoms with Gasteiger partial charge >= 0.3 is 5.97 Å². The molecule has 2 rings (SSSR count). The Labute approximate surface area is 115 Å². The number of anilines is 1. The number of nitrogen functional groups attached to an aromatic ring is 1. The highest BCUT2D eigenvalue weighted by Gasteiger charge is 2.23. The molecule has 0 spiro atoms. The number of nitrogens with zero attached hydrogens (tertiary/aromatic N) is 2. The van der Waals surface area contributed by atoms with Gasteiger partial charge in [0, 0.05) is 18.7 Å². The summed E-state index contributed by atoms with van der Waals surface area (Å²) in [7, 11) is 4.61. The molecule has 0 aliphatic carbocycles. The number of nitrogens with two attached hydrogens (primary N) is 1. The number of aromatic nitrogens is 2. The molecule has 0 saturated carbocycles. The van der Waals surface area contributed by atoms with Gasteiger partial charge < -0.3 is 20.3 Å². The summed E-state index contributed by atoms with van der Waals surface area (Å²) >= 11 is 0. The Morgan fingerprint density at radius 2 is 2.05 bits per heavy atom. The smallest absolute Gasteiger partial charge is 0.357 e. The van der Waals surface area contributed by atoms with Gasteiger partial charge in [-0.25, -0.2) is 4.79 Å². The molecule has 7 nitrogen and oxygen atoms in total. The van der Waals surface area contributed by atoms with E-state index < -0.39 is 5.97 Å². The molecule has 1 aromatic heterocycles. The number of methoxy groups -OCH3 is 2. The van der Waals surface area contributed by atoms with Crippen LogP contribution in [0.3, 0.4) is 0 Å². The van der Waals surface area contributed by atoms with Crippen LogP contribution in [0.15, 0.2) is 18.2 Å². The molecule has 0 atom stereocenters. The average Bonchev–Trinajstić information content (AvgIpc) is 2.74. The molecule has 3 N–H and O–H groups in total. The van der Waals surface area contributed by atoms with E-state index >= 15 is 0 Å². The number of hydrogen-bond donors (Lipinski definition) is 2. The van der Waals surface area contributed by atoms with E-state index in [1.807, 2.05) is 0 Å². The van der Waals surface area contributed by atoms with Crippen molar-refractivity contribution in [1.29, 1.82) is 0 Å². The van der Waals surface area contributed by atoms with Crippen LogP contribution in [-0.4, -0.2) is 35.1 Å². The lowest BCUT2D eigenvalue weighted by atomic mass is 10.0. The van der Waals surface area contributed by atoms with E-state index in [1.54, 1.807) is 25.2 Å². The average molecular weight is 277 g/mol. The van der Waals surface area contributed by atoms with Gasteiger partial charge in [0.25, 0.3) is 0 Å². The molecule has 1 heterocycles. The van der Waals surface area contributed by atoms with Crippen LogP contribution >= 0.6 is 0 Å². The summed E-state index contributed by atoms with van der Waals surface area (Å²) in [6.07, 6.45) is 0. The fourth-order valence-corrected chi connectivity index (χ4v) is 1.96. The number of ether oxygens (including phenoxy) is 2. The van der Waals surface area contributed by atoms with Gasteiger partial charge in [-0.2, -0.15) is 5.10 Å². The Morgan fingerprint density at radius 3 is 2.60 bits per heavy atom. The summed E-state index contributed by atoms with van der Waals surface area (Å²) in [5.41, 5.74) is 6.69. The number of carbonyl (C=O) groups is 1. The third-order valence-electron chi connectivity index (χ3n) is 2.97. The quantitative estimate of drug-likeness (QED) is 0.876. The van der Waals surface area contributed by atoms with Crippen LogP contribution < -0.4 is 15.2 Å². The van der Waals surface area contributed by atoms with Gasteiger partial charge in [0.1, 0.15) is 17.3 Å². The van der Waals surface area contributed by atoms with Gasteiger partial charge in [0.05, 0.1) is 19.8 Å². The molecule has 0 amide bonds. The monoisotopic (exact) mass is 277 g/mol. The van der Waals surface area contributed by atoms with E-state index in [4.69, 9.17) is 15.2 Å². The zero-order valence-electron chi connectivity index (χ0n) is 11.4. The molecular formula is C13H15N3O4. The third-order valence-corrected chi connectivity index (χ3v) is 2.97. The Bertz CT molecular complexity index is 664. The number of aromatic carboxylic acids is 1. The lowest BCUT2D eigenvalue weighted by Gasteiger charge is -2.10. The van der Waals surface area contributed by atoms with Gasteiger partial charge in [-0.15, -0.1) is 0 Å². The van der Waals surface area contributed by atoms with Crippen LogP contribution in [0.2, 0.25) is 0 Å².